The molecule has 2 aliphatic rings. The number of aliphatic carboxylic acids is 1. The number of benzene rings is 1. The Morgan fingerprint density at radius 1 is 1.37 bits per heavy atom. The number of carbonyl (C=O) groups is 4. The van der Waals surface area contributed by atoms with E-state index in [1.807, 2.05) is 0 Å². The van der Waals surface area contributed by atoms with E-state index in [0.29, 0.717) is 23.2 Å². The highest BCUT2D eigenvalue weighted by molar-refractivity contribution is 8.01. The fraction of sp³-hybridized carbons (Fsp3) is 0.300. The Bertz CT molecular complexity index is 1430. The number of thioether (sulfide) groups is 2. The van der Waals surface area contributed by atoms with Gasteiger partial charge in [-0.25, -0.2) is 4.79 Å². The van der Waals surface area contributed by atoms with Crippen LogP contribution in [-0.4, -0.2) is 80.3 Å². The third-order valence-electron chi connectivity index (χ3n) is 5.43. The van der Waals surface area contributed by atoms with Crippen molar-refractivity contribution in [2.24, 2.45) is 5.73 Å². The molecule has 6 N–H and O–H groups in total. The quantitative estimate of drug-likeness (QED) is 0.0974. The Hall–Kier alpha value is -3.45. The minimum absolute atomic E-state index is 0.0468. The zero-order valence-corrected chi connectivity index (χ0v) is 21.6. The van der Waals surface area contributed by atoms with Crippen molar-refractivity contribution in [1.82, 2.24) is 20.4 Å². The van der Waals surface area contributed by atoms with Gasteiger partial charge in [-0.1, -0.05) is 23.9 Å². The molecule has 1 saturated heterocycles. The number of amides is 3. The number of fused-ring (bicyclic) bond motifs is 1. The van der Waals surface area contributed by atoms with Gasteiger partial charge in [0.05, 0.1) is 0 Å². The fourth-order valence-electron chi connectivity index (χ4n) is 3.74. The molecule has 0 spiro atoms. The third kappa shape index (κ3) is 5.99. The van der Waals surface area contributed by atoms with E-state index in [2.05, 4.69) is 20.8 Å². The molecule has 1 aromatic carbocycles. The summed E-state index contributed by atoms with van der Waals surface area (Å²) in [6.07, 6.45) is 0.482. The summed E-state index contributed by atoms with van der Waals surface area (Å²) in [6.45, 7) is 0. The van der Waals surface area contributed by atoms with Crippen LogP contribution in [0, 0.1) is 0 Å². The number of carbonyl (C=O) groups excluding carboxylic acids is 3. The van der Waals surface area contributed by atoms with E-state index in [-0.39, 0.29) is 28.3 Å². The average molecular weight is 585 g/mol. The summed E-state index contributed by atoms with van der Waals surface area (Å²) in [4.78, 5) is 49.4. The van der Waals surface area contributed by atoms with Gasteiger partial charge < -0.3 is 25.9 Å². The number of nitrogens with two attached hydrogens (primary N) is 1. The first-order valence-electron chi connectivity index (χ1n) is 10.6. The summed E-state index contributed by atoms with van der Waals surface area (Å²) >= 11 is 2.19. The molecule has 2 aliphatic heterocycles. The van der Waals surface area contributed by atoms with Crippen LogP contribution in [0.5, 0.6) is 0 Å². The molecule has 3 amide bonds. The molecule has 1 fully saturated rings. The number of carboxylic acids is 1. The third-order valence-corrected chi connectivity index (χ3v) is 8.28. The van der Waals surface area contributed by atoms with E-state index in [1.54, 1.807) is 18.2 Å². The van der Waals surface area contributed by atoms with Gasteiger partial charge in [0.15, 0.2) is 5.75 Å². The van der Waals surface area contributed by atoms with Gasteiger partial charge in [-0.3, -0.25) is 23.8 Å². The SMILES string of the molecule is NC(C(=O)NC1C(=O)N2C(C(=O)O)=C(CSc3nnc(CS(=O)(=O)O)o3)CS[C@@H]12)c1cccc(NC=O)c1. The van der Waals surface area contributed by atoms with E-state index in [9.17, 15) is 32.7 Å². The van der Waals surface area contributed by atoms with Crippen LogP contribution in [0.1, 0.15) is 17.5 Å². The molecule has 15 nitrogen and oxygen atoms in total. The molecule has 2 aromatic rings. The van der Waals surface area contributed by atoms with Crippen LogP contribution in [0.25, 0.3) is 0 Å². The first-order chi connectivity index (χ1) is 18.0. The Morgan fingerprint density at radius 2 is 2.13 bits per heavy atom. The Balaban J connectivity index is 1.42. The number of hydrogen-bond donors (Lipinski definition) is 5. The van der Waals surface area contributed by atoms with Gasteiger partial charge in [0.25, 0.3) is 21.2 Å². The van der Waals surface area contributed by atoms with E-state index >= 15 is 0 Å². The number of nitrogens with one attached hydrogen (secondary N) is 2. The highest BCUT2D eigenvalue weighted by Crippen LogP contribution is 2.41. The largest absolute Gasteiger partial charge is 0.477 e. The summed E-state index contributed by atoms with van der Waals surface area (Å²) in [5, 5.41) is 21.3. The molecule has 3 atom stereocenters. The number of β-lactam (4-membered cyclic amide) rings is 1. The van der Waals surface area contributed by atoms with Crippen molar-refractivity contribution >= 4 is 63.5 Å². The molecule has 1 aromatic heterocycles. The zero-order chi connectivity index (χ0) is 27.6. The second-order valence-corrected chi connectivity index (χ2v) is 11.5. The zero-order valence-electron chi connectivity index (χ0n) is 19.1. The highest BCUT2D eigenvalue weighted by Gasteiger charge is 2.54. The van der Waals surface area contributed by atoms with Gasteiger partial charge in [-0.15, -0.1) is 22.0 Å². The normalized spacial score (nSPS) is 19.8. The Labute approximate surface area is 223 Å². The van der Waals surface area contributed by atoms with Gasteiger partial charge in [-0.05, 0) is 23.3 Å². The molecule has 3 heterocycles. The molecule has 38 heavy (non-hydrogen) atoms. The fourth-order valence-corrected chi connectivity index (χ4v) is 6.43. The van der Waals surface area contributed by atoms with Crippen molar-refractivity contribution in [3.63, 3.8) is 0 Å². The lowest BCUT2D eigenvalue weighted by Crippen LogP contribution is -2.71. The topological polar surface area (TPSA) is 235 Å². The van der Waals surface area contributed by atoms with Crippen LogP contribution in [0.15, 0.2) is 45.2 Å². The van der Waals surface area contributed by atoms with Crippen molar-refractivity contribution in [3.8, 4) is 0 Å². The summed E-state index contributed by atoms with van der Waals surface area (Å²) in [7, 11) is -4.36. The average Bonchev–Trinajstić information content (AvgIpc) is 3.30. The van der Waals surface area contributed by atoms with Gasteiger partial charge in [0, 0.05) is 17.2 Å². The van der Waals surface area contributed by atoms with E-state index in [1.165, 1.54) is 17.8 Å². The second-order valence-electron chi connectivity index (χ2n) is 8.00. The van der Waals surface area contributed by atoms with Crippen molar-refractivity contribution in [1.29, 1.82) is 0 Å². The molecule has 0 bridgehead atoms. The van der Waals surface area contributed by atoms with Crippen LogP contribution >= 0.6 is 23.5 Å². The summed E-state index contributed by atoms with van der Waals surface area (Å²) in [5.41, 5.74) is 7.03. The monoisotopic (exact) mass is 584 g/mol. The lowest BCUT2D eigenvalue weighted by atomic mass is 10.0. The number of hydrogen-bond acceptors (Lipinski definition) is 12. The summed E-state index contributed by atoms with van der Waals surface area (Å²) in [5.74, 6) is -3.53. The van der Waals surface area contributed by atoms with Gasteiger partial charge in [0.1, 0.15) is 23.2 Å². The molecule has 202 valence electrons. The van der Waals surface area contributed by atoms with Gasteiger partial charge in [0.2, 0.25) is 18.2 Å². The molecule has 18 heteroatoms. The minimum Gasteiger partial charge on any atom is -0.477 e. The first-order valence-corrected chi connectivity index (χ1v) is 14.3. The Kier molecular flexibility index (Phi) is 8.07. The van der Waals surface area contributed by atoms with E-state index in [4.69, 9.17) is 14.7 Å². The molecule has 0 aliphatic carbocycles. The maximum Gasteiger partial charge on any atom is 0.352 e. The maximum absolute atomic E-state index is 12.9. The standard InChI is InChI=1S/C20H20N6O9S3/c21-13(9-2-1-3-11(4-9)22-8-27)16(28)23-14-17(29)26-15(19(30)31)10(5-36-18(14)26)6-37-20-25-24-12(35-20)7-38(32,33)34/h1-4,8,13-14,18H,5-7,21H2,(H,22,27)(H,23,28)(H,30,31)(H,32,33,34)/t13?,14?,18-/m0/s1. The van der Waals surface area contributed by atoms with Crippen LogP contribution in [0.2, 0.25) is 0 Å². The van der Waals surface area contributed by atoms with Crippen LogP contribution in [-0.2, 0) is 35.0 Å². The molecule has 0 radical (unpaired) electrons. The lowest BCUT2D eigenvalue weighted by Gasteiger charge is -2.49. The molecule has 2 unspecified atom stereocenters. The molecule has 0 saturated carbocycles. The van der Waals surface area contributed by atoms with E-state index in [0.717, 1.165) is 16.7 Å². The maximum atomic E-state index is 12.9. The molecular formula is C20H20N6O9S3. The predicted molar refractivity (Wildman–Crippen MR) is 133 cm³/mol. The van der Waals surface area contributed by atoms with Gasteiger partial charge in [-0.2, -0.15) is 8.42 Å². The first kappa shape index (κ1) is 27.6. The molecular weight excluding hydrogens is 564 g/mol. The smallest absolute Gasteiger partial charge is 0.352 e. The van der Waals surface area contributed by atoms with Crippen molar-refractivity contribution in [2.75, 3.05) is 16.8 Å². The number of carboxylic acid groups (broad SMARTS) is 1. The van der Waals surface area contributed by atoms with E-state index < -0.39 is 51.1 Å². The number of rotatable bonds is 11. The van der Waals surface area contributed by atoms with Crippen molar-refractivity contribution in [2.45, 2.75) is 28.4 Å². The second kappa shape index (κ2) is 11.1. The summed E-state index contributed by atoms with van der Waals surface area (Å²) < 4.78 is 35.9. The van der Waals surface area contributed by atoms with Crippen molar-refractivity contribution < 1.29 is 41.7 Å². The summed E-state index contributed by atoms with van der Waals surface area (Å²) in [6, 6.07) is 4.20. The minimum atomic E-state index is -4.36. The van der Waals surface area contributed by atoms with Crippen LogP contribution in [0.4, 0.5) is 5.69 Å². The Morgan fingerprint density at radius 3 is 2.82 bits per heavy atom. The number of anilines is 1. The van der Waals surface area contributed by atoms with Crippen molar-refractivity contribution in [3.05, 3.63) is 47.0 Å². The van der Waals surface area contributed by atoms with Crippen LogP contribution in [0.3, 0.4) is 0 Å². The number of nitrogens with zero attached hydrogens (tertiary/aromatic N) is 3. The highest BCUT2D eigenvalue weighted by atomic mass is 32.2. The lowest BCUT2D eigenvalue weighted by molar-refractivity contribution is -0.150. The van der Waals surface area contributed by atoms with Gasteiger partial charge >= 0.3 is 5.97 Å². The predicted octanol–water partition coefficient (Wildman–Crippen LogP) is -0.444. The van der Waals surface area contributed by atoms with Crippen LogP contribution < -0.4 is 16.4 Å². The number of aromatic nitrogens is 2. The molecule has 4 rings (SSSR count).